The topological polar surface area (TPSA) is 133 Å². The van der Waals surface area contributed by atoms with Gasteiger partial charge in [0.15, 0.2) is 5.78 Å². The molecule has 0 saturated heterocycles. The molecule has 10 heteroatoms. The van der Waals surface area contributed by atoms with E-state index < -0.39 is 23.6 Å². The summed E-state index contributed by atoms with van der Waals surface area (Å²) in [6.07, 6.45) is 1.57. The average Bonchev–Trinajstić information content (AvgIpc) is 2.96. The number of hydrogen-bond acceptors (Lipinski definition) is 8. The highest BCUT2D eigenvalue weighted by molar-refractivity contribution is 6.04. The molecule has 3 aromatic rings. The number of fused-ring (bicyclic) bond motifs is 1. The summed E-state index contributed by atoms with van der Waals surface area (Å²) in [6.45, 7) is 5.17. The van der Waals surface area contributed by atoms with Gasteiger partial charge in [0.05, 0.1) is 24.7 Å². The number of methoxy groups -OCH3 is 1. The van der Waals surface area contributed by atoms with Crippen LogP contribution in [0.15, 0.2) is 60.7 Å². The lowest BCUT2D eigenvalue weighted by atomic mass is 10.1. The number of amides is 2. The van der Waals surface area contributed by atoms with Gasteiger partial charge in [0.2, 0.25) is 11.8 Å². The number of carbonyl (C=O) groups excluding carboxylic acids is 4. The lowest BCUT2D eigenvalue weighted by Crippen LogP contribution is -2.48. The van der Waals surface area contributed by atoms with Crippen molar-refractivity contribution >= 4 is 34.7 Å². The fourth-order valence-electron chi connectivity index (χ4n) is 4.20. The highest BCUT2D eigenvalue weighted by atomic mass is 16.6. The van der Waals surface area contributed by atoms with E-state index in [1.165, 1.54) is 7.11 Å². The summed E-state index contributed by atoms with van der Waals surface area (Å²) in [4.78, 5) is 55.1. The minimum absolute atomic E-state index is 0.0458. The summed E-state index contributed by atoms with van der Waals surface area (Å²) in [5.74, 6) is -1.03. The van der Waals surface area contributed by atoms with Crippen LogP contribution < -0.4 is 15.4 Å². The number of carbonyl (C=O) groups is 4. The first kappa shape index (κ1) is 32.0. The third-order valence-corrected chi connectivity index (χ3v) is 6.22. The maximum Gasteiger partial charge on any atom is 0.408 e. The van der Waals surface area contributed by atoms with Crippen LogP contribution in [0.4, 0.5) is 4.79 Å². The van der Waals surface area contributed by atoms with E-state index in [1.54, 1.807) is 6.07 Å². The molecule has 0 saturated carbocycles. The first-order valence-electron chi connectivity index (χ1n) is 14.0. The van der Waals surface area contributed by atoms with Crippen LogP contribution in [-0.4, -0.2) is 54.0 Å². The summed E-state index contributed by atoms with van der Waals surface area (Å²) in [7, 11) is 1.43. The number of nitrogens with zero attached hydrogens (tertiary/aromatic N) is 1. The number of esters is 1. The molecule has 1 heterocycles. The first-order valence-corrected chi connectivity index (χ1v) is 14.0. The highest BCUT2D eigenvalue weighted by Gasteiger charge is 2.23. The number of ether oxygens (including phenoxy) is 3. The quantitative estimate of drug-likeness (QED) is 0.153. The summed E-state index contributed by atoms with van der Waals surface area (Å²) in [5, 5.41) is 6.01. The Morgan fingerprint density at radius 1 is 0.929 bits per heavy atom. The van der Waals surface area contributed by atoms with Crippen molar-refractivity contribution in [3.8, 4) is 5.88 Å². The van der Waals surface area contributed by atoms with Crippen molar-refractivity contribution in [2.24, 2.45) is 0 Å². The van der Waals surface area contributed by atoms with Crippen molar-refractivity contribution < 1.29 is 33.4 Å². The van der Waals surface area contributed by atoms with Gasteiger partial charge in [-0.05, 0) is 51.3 Å². The normalized spacial score (nSPS) is 11.8. The first-order chi connectivity index (χ1) is 20.1. The fraction of sp³-hybridized carbons (Fsp3) is 0.406. The Hall–Kier alpha value is -4.47. The summed E-state index contributed by atoms with van der Waals surface area (Å²) in [6, 6.07) is 17.2. The van der Waals surface area contributed by atoms with E-state index in [0.717, 1.165) is 10.9 Å². The van der Waals surface area contributed by atoms with Gasteiger partial charge in [-0.2, -0.15) is 0 Å². The smallest absolute Gasteiger partial charge is 0.408 e. The Bertz CT molecular complexity index is 1370. The minimum Gasteiger partial charge on any atom is -0.480 e. The fourth-order valence-corrected chi connectivity index (χ4v) is 4.20. The molecule has 2 amide bonds. The van der Waals surface area contributed by atoms with Crippen LogP contribution in [0.25, 0.3) is 10.9 Å². The predicted molar refractivity (Wildman–Crippen MR) is 158 cm³/mol. The molecule has 0 aliphatic rings. The van der Waals surface area contributed by atoms with Crippen LogP contribution >= 0.6 is 0 Å². The van der Waals surface area contributed by atoms with Crippen LogP contribution in [-0.2, 0) is 25.7 Å². The van der Waals surface area contributed by atoms with E-state index in [2.05, 4.69) is 15.6 Å². The van der Waals surface area contributed by atoms with Crippen LogP contribution in [0.1, 0.15) is 68.8 Å². The van der Waals surface area contributed by atoms with E-state index in [4.69, 9.17) is 14.2 Å². The molecule has 224 valence electrons. The Morgan fingerprint density at radius 2 is 1.64 bits per heavy atom. The number of para-hydroxylation sites is 1. The number of rotatable bonds is 14. The van der Waals surface area contributed by atoms with Crippen molar-refractivity contribution in [3.05, 3.63) is 71.8 Å². The number of pyridine rings is 1. The van der Waals surface area contributed by atoms with Crippen molar-refractivity contribution in [1.29, 1.82) is 0 Å². The standard InChI is InChI=1S/C32H39N3O7/c1-32(2,3)42-28(37)18-10-6-9-17-26(35-31(39)41-21-22-13-7-5-8-14-22)29(38)33-20-27(36)24-19-23-15-11-12-16-25(23)34-30(24)40-4/h5,7-8,11-16,19,26H,6,9-10,17-18,20-21H2,1-4H3,(H,33,38)(H,35,39)/t26-/m0/s1. The molecule has 0 aliphatic carbocycles. The van der Waals surface area contributed by atoms with Crippen molar-refractivity contribution in [1.82, 2.24) is 15.6 Å². The second-order valence-corrected chi connectivity index (χ2v) is 10.8. The number of Topliss-reactive ketones (excluding diaryl/α,β-unsaturated/α-hetero) is 1. The molecule has 2 aromatic carbocycles. The average molecular weight is 578 g/mol. The number of unbranched alkanes of at least 4 members (excludes halogenated alkanes) is 2. The van der Waals surface area contributed by atoms with Gasteiger partial charge in [0, 0.05) is 11.8 Å². The number of nitrogens with one attached hydrogen (secondary N) is 2. The van der Waals surface area contributed by atoms with E-state index >= 15 is 0 Å². The van der Waals surface area contributed by atoms with Gasteiger partial charge in [0.1, 0.15) is 18.2 Å². The monoisotopic (exact) mass is 577 g/mol. The molecular weight excluding hydrogens is 538 g/mol. The Kier molecular flexibility index (Phi) is 11.8. The molecular formula is C32H39N3O7. The zero-order chi connectivity index (χ0) is 30.5. The summed E-state index contributed by atoms with van der Waals surface area (Å²) >= 11 is 0. The van der Waals surface area contributed by atoms with Crippen molar-refractivity contribution in [3.63, 3.8) is 0 Å². The third kappa shape index (κ3) is 10.5. The van der Waals surface area contributed by atoms with Gasteiger partial charge < -0.3 is 24.8 Å². The lowest BCUT2D eigenvalue weighted by Gasteiger charge is -2.20. The summed E-state index contributed by atoms with van der Waals surface area (Å²) in [5.41, 5.74) is 1.18. The number of alkyl carbamates (subject to hydrolysis) is 1. The maximum atomic E-state index is 13.1. The summed E-state index contributed by atoms with van der Waals surface area (Å²) < 4.78 is 15.9. The van der Waals surface area contributed by atoms with E-state index in [1.807, 2.05) is 75.4 Å². The third-order valence-electron chi connectivity index (χ3n) is 6.22. The molecule has 0 bridgehead atoms. The van der Waals surface area contributed by atoms with Gasteiger partial charge in [-0.15, -0.1) is 0 Å². The van der Waals surface area contributed by atoms with Crippen molar-refractivity contribution in [2.75, 3.05) is 13.7 Å². The zero-order valence-electron chi connectivity index (χ0n) is 24.6. The van der Waals surface area contributed by atoms with Gasteiger partial charge in [0.25, 0.3) is 0 Å². The van der Waals surface area contributed by atoms with Crippen molar-refractivity contribution in [2.45, 2.75) is 71.1 Å². The Morgan fingerprint density at radius 3 is 2.36 bits per heavy atom. The van der Waals surface area contributed by atoms with Gasteiger partial charge in [-0.3, -0.25) is 14.4 Å². The minimum atomic E-state index is -0.945. The predicted octanol–water partition coefficient (Wildman–Crippen LogP) is 5.13. The molecule has 3 rings (SSSR count). The molecule has 42 heavy (non-hydrogen) atoms. The van der Waals surface area contributed by atoms with Crippen LogP contribution in [0.2, 0.25) is 0 Å². The maximum absolute atomic E-state index is 13.1. The molecule has 0 spiro atoms. The van der Waals surface area contributed by atoms with E-state index in [9.17, 15) is 19.2 Å². The number of aromatic nitrogens is 1. The molecule has 2 N–H and O–H groups in total. The van der Waals surface area contributed by atoms with Crippen LogP contribution in [0.3, 0.4) is 0 Å². The van der Waals surface area contributed by atoms with Crippen LogP contribution in [0, 0.1) is 0 Å². The second-order valence-electron chi connectivity index (χ2n) is 10.8. The number of ketones is 1. The highest BCUT2D eigenvalue weighted by Crippen LogP contribution is 2.22. The van der Waals surface area contributed by atoms with E-state index in [-0.39, 0.29) is 49.2 Å². The molecule has 1 atom stereocenters. The number of benzene rings is 2. The van der Waals surface area contributed by atoms with Gasteiger partial charge in [-0.1, -0.05) is 61.4 Å². The van der Waals surface area contributed by atoms with Gasteiger partial charge in [-0.25, -0.2) is 9.78 Å². The molecule has 0 fully saturated rings. The molecule has 0 radical (unpaired) electrons. The Labute approximate surface area is 246 Å². The molecule has 0 unspecified atom stereocenters. The van der Waals surface area contributed by atoms with Gasteiger partial charge >= 0.3 is 12.1 Å². The molecule has 1 aromatic heterocycles. The second kappa shape index (κ2) is 15.5. The van der Waals surface area contributed by atoms with Crippen LogP contribution in [0.5, 0.6) is 5.88 Å². The Balaban J connectivity index is 1.59. The molecule has 0 aliphatic heterocycles. The zero-order valence-corrected chi connectivity index (χ0v) is 24.6. The SMILES string of the molecule is COc1nc2ccccc2cc1C(=O)CNC(=O)[C@H](CCCCCC(=O)OC(C)(C)C)NC(=O)OCc1ccccc1. The van der Waals surface area contributed by atoms with E-state index in [0.29, 0.717) is 24.8 Å². The largest absolute Gasteiger partial charge is 0.480 e. The lowest BCUT2D eigenvalue weighted by molar-refractivity contribution is -0.155. The number of hydrogen-bond donors (Lipinski definition) is 2. The molecule has 10 nitrogen and oxygen atoms in total.